The van der Waals surface area contributed by atoms with Crippen LogP contribution in [0.15, 0.2) is 104 Å². The van der Waals surface area contributed by atoms with Crippen LogP contribution < -0.4 is 0 Å². The molecule has 0 saturated carbocycles. The van der Waals surface area contributed by atoms with E-state index in [0.29, 0.717) is 0 Å². The quantitative estimate of drug-likeness (QED) is 0.197. The van der Waals surface area contributed by atoms with E-state index in [4.69, 9.17) is 4.98 Å². The molecule has 0 unspecified atom stereocenters. The number of fused-ring (bicyclic) bond motifs is 1. The van der Waals surface area contributed by atoms with E-state index in [2.05, 4.69) is 88.6 Å². The summed E-state index contributed by atoms with van der Waals surface area (Å²) in [5, 5.41) is 0. The molecule has 0 aliphatic carbocycles. The maximum Gasteiger partial charge on any atom is 0.0899 e. The molecule has 0 saturated heterocycles. The number of rotatable bonds is 4. The van der Waals surface area contributed by atoms with Gasteiger partial charge >= 0.3 is 0 Å². The zero-order chi connectivity index (χ0) is 23.1. The van der Waals surface area contributed by atoms with Gasteiger partial charge in [0.15, 0.2) is 0 Å². The van der Waals surface area contributed by atoms with Gasteiger partial charge in [0.2, 0.25) is 0 Å². The third kappa shape index (κ3) is 4.14. The molecule has 0 fully saturated rings. The van der Waals surface area contributed by atoms with Gasteiger partial charge in [-0.2, -0.15) is 0 Å². The van der Waals surface area contributed by atoms with Crippen molar-refractivity contribution in [2.75, 3.05) is 0 Å². The summed E-state index contributed by atoms with van der Waals surface area (Å²) >= 11 is 0. The summed E-state index contributed by atoms with van der Waals surface area (Å²) in [5.74, 6) is 0.856. The van der Waals surface area contributed by atoms with Crippen LogP contribution in [0.1, 0.15) is 11.1 Å². The molecule has 0 bridgehead atoms. The first kappa shape index (κ1) is 23.0. The van der Waals surface area contributed by atoms with Crippen LogP contribution in [0.2, 0.25) is 0 Å². The SMILES string of the molecule is Cc1cc(-c2ccccc2)cc(C)c1-n1ccnc1-c1[c-]cc2c(c1)ncn2-c1ccccc1.[Ir]. The van der Waals surface area contributed by atoms with Crippen molar-refractivity contribution in [3.8, 4) is 33.9 Å². The molecule has 0 N–H and O–H groups in total. The zero-order valence-electron chi connectivity index (χ0n) is 19.4. The molecule has 0 spiro atoms. The van der Waals surface area contributed by atoms with E-state index in [0.717, 1.165) is 33.8 Å². The predicted molar refractivity (Wildman–Crippen MR) is 137 cm³/mol. The van der Waals surface area contributed by atoms with E-state index in [1.165, 1.54) is 22.3 Å². The molecular formula is C30H23IrN4-. The number of aryl methyl sites for hydroxylation is 2. The molecule has 35 heavy (non-hydrogen) atoms. The molecule has 6 aromatic rings. The Morgan fingerprint density at radius 1 is 0.743 bits per heavy atom. The fraction of sp³-hybridized carbons (Fsp3) is 0.0667. The van der Waals surface area contributed by atoms with Crippen LogP contribution in [0.3, 0.4) is 0 Å². The van der Waals surface area contributed by atoms with Crippen molar-refractivity contribution >= 4 is 11.0 Å². The smallest absolute Gasteiger partial charge is 0.0899 e. The van der Waals surface area contributed by atoms with Crippen molar-refractivity contribution in [1.82, 2.24) is 19.1 Å². The fourth-order valence-electron chi connectivity index (χ4n) is 4.69. The van der Waals surface area contributed by atoms with Crippen LogP contribution in [-0.2, 0) is 20.1 Å². The molecule has 2 heterocycles. The minimum Gasteiger partial charge on any atom is -0.340 e. The van der Waals surface area contributed by atoms with Crippen LogP contribution >= 0.6 is 0 Å². The van der Waals surface area contributed by atoms with Crippen LogP contribution in [-0.4, -0.2) is 19.1 Å². The Bertz CT molecular complexity index is 1590. The molecule has 0 aliphatic heterocycles. The zero-order valence-corrected chi connectivity index (χ0v) is 21.8. The Kier molecular flexibility index (Phi) is 6.21. The first-order chi connectivity index (χ1) is 16.7. The molecule has 4 aromatic carbocycles. The van der Waals surface area contributed by atoms with Crippen molar-refractivity contribution in [2.45, 2.75) is 13.8 Å². The van der Waals surface area contributed by atoms with Gasteiger partial charge in [0.1, 0.15) is 0 Å². The Labute approximate surface area is 218 Å². The topological polar surface area (TPSA) is 35.6 Å². The van der Waals surface area contributed by atoms with Gasteiger partial charge < -0.3 is 9.13 Å². The number of hydrogen-bond acceptors (Lipinski definition) is 2. The Hall–Kier alpha value is -3.79. The summed E-state index contributed by atoms with van der Waals surface area (Å²) in [7, 11) is 0. The number of para-hydroxylation sites is 1. The third-order valence-electron chi connectivity index (χ3n) is 6.23. The fourth-order valence-corrected chi connectivity index (χ4v) is 4.69. The summed E-state index contributed by atoms with van der Waals surface area (Å²) in [5.41, 5.74) is 9.93. The number of aromatic nitrogens is 4. The van der Waals surface area contributed by atoms with Gasteiger partial charge in [-0.1, -0.05) is 48.5 Å². The predicted octanol–water partition coefficient (Wildman–Crippen LogP) is 6.96. The second kappa shape index (κ2) is 9.46. The maximum atomic E-state index is 4.69. The first-order valence-corrected chi connectivity index (χ1v) is 11.3. The van der Waals surface area contributed by atoms with Gasteiger partial charge in [-0.05, 0) is 65.9 Å². The summed E-state index contributed by atoms with van der Waals surface area (Å²) in [6.07, 6.45) is 5.73. The molecule has 0 atom stereocenters. The summed E-state index contributed by atoms with van der Waals surface area (Å²) in [4.78, 5) is 9.35. The van der Waals surface area contributed by atoms with E-state index >= 15 is 0 Å². The minimum atomic E-state index is 0. The summed E-state index contributed by atoms with van der Waals surface area (Å²) in [6.45, 7) is 4.32. The average molecular weight is 632 g/mol. The maximum absolute atomic E-state index is 4.69. The van der Waals surface area contributed by atoms with Crippen LogP contribution in [0.5, 0.6) is 0 Å². The molecule has 4 nitrogen and oxygen atoms in total. The average Bonchev–Trinajstić information content (AvgIpc) is 3.52. The van der Waals surface area contributed by atoms with Gasteiger partial charge in [0.25, 0.3) is 0 Å². The van der Waals surface area contributed by atoms with E-state index in [-0.39, 0.29) is 20.1 Å². The van der Waals surface area contributed by atoms with Gasteiger partial charge in [-0.3, -0.25) is 9.97 Å². The van der Waals surface area contributed by atoms with Crippen molar-refractivity contribution in [3.63, 3.8) is 0 Å². The van der Waals surface area contributed by atoms with Crippen molar-refractivity contribution in [3.05, 3.63) is 121 Å². The molecule has 173 valence electrons. The second-order valence-corrected chi connectivity index (χ2v) is 8.51. The Morgan fingerprint density at radius 3 is 2.14 bits per heavy atom. The largest absolute Gasteiger partial charge is 0.340 e. The summed E-state index contributed by atoms with van der Waals surface area (Å²) in [6, 6.07) is 32.7. The summed E-state index contributed by atoms with van der Waals surface area (Å²) < 4.78 is 4.24. The molecule has 0 amide bonds. The van der Waals surface area contributed by atoms with E-state index in [9.17, 15) is 0 Å². The van der Waals surface area contributed by atoms with Crippen LogP contribution in [0.25, 0.3) is 44.9 Å². The minimum absolute atomic E-state index is 0. The Balaban J connectivity index is 0.00000253. The molecule has 0 aliphatic rings. The van der Waals surface area contributed by atoms with E-state index in [1.54, 1.807) is 0 Å². The van der Waals surface area contributed by atoms with Crippen LogP contribution in [0, 0.1) is 19.9 Å². The second-order valence-electron chi connectivity index (χ2n) is 8.51. The third-order valence-corrected chi connectivity index (χ3v) is 6.23. The van der Waals surface area contributed by atoms with Crippen LogP contribution in [0.4, 0.5) is 0 Å². The number of imidazole rings is 2. The van der Waals surface area contributed by atoms with E-state index in [1.807, 2.05) is 49.1 Å². The molecule has 2 aromatic heterocycles. The van der Waals surface area contributed by atoms with Crippen molar-refractivity contribution < 1.29 is 20.1 Å². The van der Waals surface area contributed by atoms with Gasteiger partial charge in [-0.25, -0.2) is 0 Å². The van der Waals surface area contributed by atoms with Crippen molar-refractivity contribution in [2.24, 2.45) is 0 Å². The van der Waals surface area contributed by atoms with Gasteiger partial charge in [0, 0.05) is 49.4 Å². The normalized spacial score (nSPS) is 10.9. The van der Waals surface area contributed by atoms with E-state index < -0.39 is 0 Å². The Morgan fingerprint density at radius 2 is 1.43 bits per heavy atom. The first-order valence-electron chi connectivity index (χ1n) is 11.3. The monoisotopic (exact) mass is 632 g/mol. The number of hydrogen-bond donors (Lipinski definition) is 0. The number of nitrogens with zero attached hydrogens (tertiary/aromatic N) is 4. The van der Waals surface area contributed by atoms with Gasteiger partial charge in [0.05, 0.1) is 12.2 Å². The molecule has 6 rings (SSSR count). The van der Waals surface area contributed by atoms with Crippen molar-refractivity contribution in [1.29, 1.82) is 0 Å². The standard InChI is InChI=1S/C30H23N4.Ir/c1-21-17-25(23-9-5-3-6-10-23)18-22(2)29(21)33-16-15-31-30(33)24-13-14-28-27(19-24)32-20-34(28)26-11-7-4-8-12-26;/h3-12,14-20H,1-2H3;/q-1;. The molecule has 1 radical (unpaired) electrons. The van der Waals surface area contributed by atoms with Gasteiger partial charge in [-0.15, -0.1) is 23.8 Å². The molecular weight excluding hydrogens is 609 g/mol. The number of benzene rings is 4. The molecule has 5 heteroatoms.